The second-order valence-electron chi connectivity index (χ2n) is 5.85. The first-order chi connectivity index (χ1) is 10.2. The van der Waals surface area contributed by atoms with Gasteiger partial charge in [-0.2, -0.15) is 0 Å². The molecule has 2 aromatic rings. The molecule has 21 heavy (non-hydrogen) atoms. The minimum atomic E-state index is 0.268. The van der Waals surface area contributed by atoms with E-state index < -0.39 is 0 Å². The zero-order valence-corrected chi connectivity index (χ0v) is 12.8. The van der Waals surface area contributed by atoms with Gasteiger partial charge in [-0.05, 0) is 49.1 Å². The van der Waals surface area contributed by atoms with Crippen LogP contribution >= 0.6 is 0 Å². The Kier molecular flexibility index (Phi) is 4.20. The number of hydrogen-bond donors (Lipinski definition) is 1. The van der Waals surface area contributed by atoms with Crippen molar-refractivity contribution in [2.75, 3.05) is 18.5 Å². The monoisotopic (exact) mass is 281 g/mol. The van der Waals surface area contributed by atoms with Crippen molar-refractivity contribution < 1.29 is 0 Å². The van der Waals surface area contributed by atoms with Gasteiger partial charge in [0, 0.05) is 38.1 Å². The van der Waals surface area contributed by atoms with Gasteiger partial charge in [-0.3, -0.25) is 4.98 Å². The summed E-state index contributed by atoms with van der Waals surface area (Å²) in [5.74, 6) is 0. The van der Waals surface area contributed by atoms with Gasteiger partial charge in [0.25, 0.3) is 0 Å². The van der Waals surface area contributed by atoms with Crippen molar-refractivity contribution in [2.24, 2.45) is 0 Å². The molecule has 0 radical (unpaired) electrons. The van der Waals surface area contributed by atoms with Crippen LogP contribution in [-0.2, 0) is 13.0 Å². The summed E-state index contributed by atoms with van der Waals surface area (Å²) in [5, 5.41) is 3.56. The molecule has 0 spiro atoms. The predicted molar refractivity (Wildman–Crippen MR) is 87.5 cm³/mol. The van der Waals surface area contributed by atoms with Crippen LogP contribution in [0.2, 0.25) is 0 Å². The zero-order valence-electron chi connectivity index (χ0n) is 12.8. The standard InChI is InChI=1S/C18H23N3/c1-14(17-7-3-4-10-19-17)20-13-15-8-9-18-16(12-15)6-5-11-21(18)2/h3-4,7-10,12,14,20H,5-6,11,13H2,1-2H3/t14-/m0/s1. The third kappa shape index (κ3) is 3.24. The lowest BCUT2D eigenvalue weighted by molar-refractivity contribution is 0.561. The van der Waals surface area contributed by atoms with Gasteiger partial charge in [0.2, 0.25) is 0 Å². The molecule has 0 saturated carbocycles. The summed E-state index contributed by atoms with van der Waals surface area (Å²) in [6.45, 7) is 4.21. The Bertz CT molecular complexity index is 595. The van der Waals surface area contributed by atoms with E-state index in [9.17, 15) is 0 Å². The number of aromatic nitrogens is 1. The van der Waals surface area contributed by atoms with E-state index in [1.54, 1.807) is 0 Å². The fraction of sp³-hybridized carbons (Fsp3) is 0.389. The van der Waals surface area contributed by atoms with Crippen LogP contribution in [0, 0.1) is 0 Å². The fourth-order valence-electron chi connectivity index (χ4n) is 2.96. The van der Waals surface area contributed by atoms with Crippen molar-refractivity contribution >= 4 is 5.69 Å². The second-order valence-corrected chi connectivity index (χ2v) is 5.85. The lowest BCUT2D eigenvalue weighted by atomic mass is 9.99. The van der Waals surface area contributed by atoms with Gasteiger partial charge in [0.15, 0.2) is 0 Å². The molecule has 3 nitrogen and oxygen atoms in total. The van der Waals surface area contributed by atoms with Gasteiger partial charge in [0.1, 0.15) is 0 Å². The molecule has 1 aliphatic heterocycles. The maximum Gasteiger partial charge on any atom is 0.0570 e. The van der Waals surface area contributed by atoms with Crippen LogP contribution in [0.25, 0.3) is 0 Å². The SMILES string of the molecule is C[C@H](NCc1ccc2c(c1)CCCN2C)c1ccccn1. The summed E-state index contributed by atoms with van der Waals surface area (Å²) in [6, 6.07) is 13.2. The van der Waals surface area contributed by atoms with Gasteiger partial charge in [-0.25, -0.2) is 0 Å². The molecule has 2 heterocycles. The van der Waals surface area contributed by atoms with E-state index in [-0.39, 0.29) is 6.04 Å². The topological polar surface area (TPSA) is 28.2 Å². The average molecular weight is 281 g/mol. The molecule has 110 valence electrons. The lowest BCUT2D eigenvalue weighted by Crippen LogP contribution is -2.25. The van der Waals surface area contributed by atoms with Crippen LogP contribution < -0.4 is 10.2 Å². The molecule has 3 heteroatoms. The normalized spacial score (nSPS) is 15.6. The number of rotatable bonds is 4. The maximum absolute atomic E-state index is 4.40. The lowest BCUT2D eigenvalue weighted by Gasteiger charge is -2.28. The van der Waals surface area contributed by atoms with E-state index in [1.165, 1.54) is 36.2 Å². The van der Waals surface area contributed by atoms with Crippen molar-refractivity contribution in [2.45, 2.75) is 32.4 Å². The van der Waals surface area contributed by atoms with E-state index >= 15 is 0 Å². The van der Waals surface area contributed by atoms with Crippen LogP contribution in [-0.4, -0.2) is 18.6 Å². The highest BCUT2D eigenvalue weighted by atomic mass is 15.1. The number of fused-ring (bicyclic) bond motifs is 1. The van der Waals surface area contributed by atoms with Crippen molar-refractivity contribution in [3.05, 3.63) is 59.4 Å². The van der Waals surface area contributed by atoms with Crippen LogP contribution in [0.1, 0.15) is 36.2 Å². The summed E-state index contributed by atoms with van der Waals surface area (Å²) >= 11 is 0. The number of nitrogens with one attached hydrogen (secondary N) is 1. The summed E-state index contributed by atoms with van der Waals surface area (Å²) < 4.78 is 0. The number of nitrogens with zero attached hydrogens (tertiary/aromatic N) is 2. The molecule has 0 amide bonds. The van der Waals surface area contributed by atoms with E-state index in [0.29, 0.717) is 0 Å². The quantitative estimate of drug-likeness (QED) is 0.932. The molecule has 0 aliphatic carbocycles. The van der Waals surface area contributed by atoms with Gasteiger partial charge in [-0.1, -0.05) is 18.2 Å². The molecule has 0 fully saturated rings. The zero-order chi connectivity index (χ0) is 14.7. The Hall–Kier alpha value is -1.87. The summed E-state index contributed by atoms with van der Waals surface area (Å²) in [6.07, 6.45) is 4.30. The predicted octanol–water partition coefficient (Wildman–Crippen LogP) is 3.31. The van der Waals surface area contributed by atoms with Gasteiger partial charge >= 0.3 is 0 Å². The van der Waals surface area contributed by atoms with Crippen molar-refractivity contribution in [3.8, 4) is 0 Å². The Morgan fingerprint density at radius 2 is 2.19 bits per heavy atom. The second kappa shape index (κ2) is 6.27. The van der Waals surface area contributed by atoms with Crippen molar-refractivity contribution in [3.63, 3.8) is 0 Å². The average Bonchev–Trinajstić information content (AvgIpc) is 2.53. The molecule has 0 bridgehead atoms. The molecular weight excluding hydrogens is 258 g/mol. The van der Waals surface area contributed by atoms with Crippen molar-refractivity contribution in [1.82, 2.24) is 10.3 Å². The molecule has 1 atom stereocenters. The van der Waals surface area contributed by atoms with E-state index in [1.807, 2.05) is 18.3 Å². The Balaban J connectivity index is 1.66. The fourth-order valence-corrected chi connectivity index (χ4v) is 2.96. The highest BCUT2D eigenvalue weighted by molar-refractivity contribution is 5.56. The van der Waals surface area contributed by atoms with Crippen molar-refractivity contribution in [1.29, 1.82) is 0 Å². The number of anilines is 1. The third-order valence-electron chi connectivity index (χ3n) is 4.24. The molecule has 1 aromatic carbocycles. The molecule has 1 aromatic heterocycles. The minimum absolute atomic E-state index is 0.268. The first-order valence-electron chi connectivity index (χ1n) is 7.71. The first-order valence-corrected chi connectivity index (χ1v) is 7.71. The van der Waals surface area contributed by atoms with Crippen LogP contribution in [0.4, 0.5) is 5.69 Å². The van der Waals surface area contributed by atoms with E-state index in [2.05, 4.69) is 53.4 Å². The Labute approximate surface area is 127 Å². The Morgan fingerprint density at radius 1 is 1.29 bits per heavy atom. The Morgan fingerprint density at radius 3 is 3.00 bits per heavy atom. The highest BCUT2D eigenvalue weighted by Gasteiger charge is 2.14. The van der Waals surface area contributed by atoms with Gasteiger partial charge in [-0.15, -0.1) is 0 Å². The molecule has 1 aliphatic rings. The van der Waals surface area contributed by atoms with Crippen LogP contribution in [0.15, 0.2) is 42.6 Å². The molecule has 0 unspecified atom stereocenters. The van der Waals surface area contributed by atoms with Gasteiger partial charge < -0.3 is 10.2 Å². The maximum atomic E-state index is 4.40. The molecule has 3 rings (SSSR count). The molecule has 1 N–H and O–H groups in total. The summed E-state index contributed by atoms with van der Waals surface area (Å²) in [4.78, 5) is 6.76. The number of benzene rings is 1. The smallest absolute Gasteiger partial charge is 0.0570 e. The third-order valence-corrected chi connectivity index (χ3v) is 4.24. The largest absolute Gasteiger partial charge is 0.374 e. The van der Waals surface area contributed by atoms with E-state index in [4.69, 9.17) is 0 Å². The number of pyridine rings is 1. The summed E-state index contributed by atoms with van der Waals surface area (Å²) in [7, 11) is 2.18. The minimum Gasteiger partial charge on any atom is -0.374 e. The first kappa shape index (κ1) is 14.1. The highest BCUT2D eigenvalue weighted by Crippen LogP contribution is 2.26. The number of aryl methyl sites for hydroxylation is 1. The van der Waals surface area contributed by atoms with Crippen LogP contribution in [0.5, 0.6) is 0 Å². The summed E-state index contributed by atoms with van der Waals surface area (Å²) in [5.41, 5.74) is 5.32. The molecule has 0 saturated heterocycles. The molecular formula is C18H23N3. The van der Waals surface area contributed by atoms with E-state index in [0.717, 1.165) is 12.2 Å². The number of hydrogen-bond acceptors (Lipinski definition) is 3. The van der Waals surface area contributed by atoms with Gasteiger partial charge in [0.05, 0.1) is 5.69 Å². The van der Waals surface area contributed by atoms with Crippen LogP contribution in [0.3, 0.4) is 0 Å².